The molecule has 8 N–H and O–H groups in total. The molecule has 4 atom stereocenters. The van der Waals surface area contributed by atoms with Crippen LogP contribution in [0.25, 0.3) is 10.8 Å². The third-order valence-corrected chi connectivity index (χ3v) is 10.7. The van der Waals surface area contributed by atoms with Gasteiger partial charge in [-0.3, -0.25) is 19.2 Å². The fraction of sp³-hybridized carbons (Fsp3) is 0.432. The van der Waals surface area contributed by atoms with E-state index in [1.165, 1.54) is 6.08 Å². The van der Waals surface area contributed by atoms with Gasteiger partial charge in [0, 0.05) is 73.4 Å². The number of nitrogens with two attached hydrogens (primary N) is 1. The van der Waals surface area contributed by atoms with Crippen LogP contribution in [-0.4, -0.2) is 121 Å². The maximum atomic E-state index is 15.5. The molecule has 2 amide bonds. The third-order valence-electron chi connectivity index (χ3n) is 9.35. The van der Waals surface area contributed by atoms with Crippen molar-refractivity contribution < 1.29 is 48.4 Å². The third kappa shape index (κ3) is 10.5. The summed E-state index contributed by atoms with van der Waals surface area (Å²) in [6.45, 7) is 5.12. The molecule has 3 heterocycles. The summed E-state index contributed by atoms with van der Waals surface area (Å²) in [4.78, 5) is 56.2. The Balaban J connectivity index is 1.30. The highest BCUT2D eigenvalue weighted by Gasteiger charge is 2.40. The SMILES string of the molecule is CC(C)(O)c1ccc(N2CCN(c3nnc(CC4=CC(SC[C@H](NC(=O)CC[C@H](N)C(=O)O)C(=O)NCC(=O)O)C(O)(F)C=C4F)c4ccccc34)CC2)nc1. The monoisotopic (exact) mass is 798 g/mol. The molecule has 2 aliphatic rings. The number of thioether (sulfide) groups is 1. The van der Waals surface area contributed by atoms with Gasteiger partial charge < -0.3 is 46.6 Å². The summed E-state index contributed by atoms with van der Waals surface area (Å²) >= 11 is 0.671. The van der Waals surface area contributed by atoms with E-state index in [-0.39, 0.29) is 30.6 Å². The highest BCUT2D eigenvalue weighted by molar-refractivity contribution is 8.00. The Morgan fingerprint density at radius 3 is 2.36 bits per heavy atom. The van der Waals surface area contributed by atoms with Gasteiger partial charge in [-0.15, -0.1) is 16.9 Å². The molecule has 2 aromatic heterocycles. The number of carboxylic acid groups (broad SMARTS) is 2. The number of halogens is 2. The molecule has 0 saturated carbocycles. The topological polar surface area (TPSA) is 244 Å². The predicted molar refractivity (Wildman–Crippen MR) is 204 cm³/mol. The number of aliphatic hydroxyl groups is 2. The van der Waals surface area contributed by atoms with Gasteiger partial charge in [0.15, 0.2) is 5.82 Å². The minimum atomic E-state index is -3.20. The van der Waals surface area contributed by atoms with E-state index in [4.69, 9.17) is 15.9 Å². The Morgan fingerprint density at radius 1 is 1.05 bits per heavy atom. The average Bonchev–Trinajstić information content (AvgIpc) is 3.15. The summed E-state index contributed by atoms with van der Waals surface area (Å²) in [5.74, 6) is -7.59. The van der Waals surface area contributed by atoms with Crippen molar-refractivity contribution in [3.8, 4) is 0 Å². The van der Waals surface area contributed by atoms with Crippen LogP contribution in [0.4, 0.5) is 20.4 Å². The summed E-state index contributed by atoms with van der Waals surface area (Å²) in [6, 6.07) is 8.31. The number of pyridine rings is 1. The lowest BCUT2D eigenvalue weighted by atomic mass is 9.96. The number of piperazine rings is 1. The highest BCUT2D eigenvalue weighted by atomic mass is 32.2. The first-order chi connectivity index (χ1) is 26.4. The standard InChI is InChI=1S/C37H44F2N8O8S/c1-36(2,54)22-7-9-30(41-18-22)46-11-13-47(14-12-46)33-24-6-4-3-5-23(24)27(44-45-33)15-21-16-29(37(39,55)17-25(21)38)56-20-28(34(51)42-19-32(49)50)43-31(48)10-8-26(40)35(52)53/h3-7,9,16-18,26,28-29,54-55H,8,10-15,19-20,40H2,1-2H3,(H,42,51)(H,43,48)(H,49,50)(H,52,53)/t26-,28-,29?,37?/m0/s1. The van der Waals surface area contributed by atoms with Gasteiger partial charge in [-0.1, -0.05) is 36.4 Å². The van der Waals surface area contributed by atoms with Gasteiger partial charge in [-0.2, -0.15) is 5.10 Å². The fourth-order valence-electron chi connectivity index (χ4n) is 6.16. The molecule has 1 aliphatic carbocycles. The minimum absolute atomic E-state index is 0.00711. The molecular weight excluding hydrogens is 755 g/mol. The van der Waals surface area contributed by atoms with Crippen molar-refractivity contribution in [2.24, 2.45) is 5.73 Å². The van der Waals surface area contributed by atoms with Crippen LogP contribution in [0.5, 0.6) is 0 Å². The number of nitrogens with one attached hydrogen (secondary N) is 2. The fourth-order valence-corrected chi connectivity index (χ4v) is 7.35. The summed E-state index contributed by atoms with van der Waals surface area (Å²) in [6.07, 6.45) is 2.49. The number of hydrogen-bond donors (Lipinski definition) is 7. The molecule has 300 valence electrons. The van der Waals surface area contributed by atoms with Gasteiger partial charge in [0.1, 0.15) is 30.3 Å². The zero-order valence-corrected chi connectivity index (χ0v) is 31.5. The highest BCUT2D eigenvalue weighted by Crippen LogP contribution is 2.38. The zero-order chi connectivity index (χ0) is 40.8. The molecule has 56 heavy (non-hydrogen) atoms. The number of rotatable bonds is 16. The van der Waals surface area contributed by atoms with Gasteiger partial charge in [-0.05, 0) is 31.9 Å². The minimum Gasteiger partial charge on any atom is -0.480 e. The van der Waals surface area contributed by atoms with E-state index in [2.05, 4.69) is 35.6 Å². The van der Waals surface area contributed by atoms with E-state index in [0.717, 1.165) is 11.2 Å². The Labute approximate surface area is 324 Å². The molecule has 1 saturated heterocycles. The number of allylic oxidation sites excluding steroid dienone is 2. The number of amides is 2. The second kappa shape index (κ2) is 17.7. The molecule has 19 heteroatoms. The zero-order valence-electron chi connectivity index (χ0n) is 30.7. The molecule has 1 aromatic carbocycles. The van der Waals surface area contributed by atoms with Gasteiger partial charge >= 0.3 is 11.9 Å². The van der Waals surface area contributed by atoms with Crippen LogP contribution in [0.2, 0.25) is 0 Å². The van der Waals surface area contributed by atoms with Crippen molar-refractivity contribution in [2.75, 3.05) is 48.3 Å². The molecule has 0 radical (unpaired) electrons. The van der Waals surface area contributed by atoms with Crippen LogP contribution in [-0.2, 0) is 31.2 Å². The van der Waals surface area contributed by atoms with Crippen molar-refractivity contribution in [2.45, 2.75) is 61.9 Å². The van der Waals surface area contributed by atoms with Gasteiger partial charge in [0.05, 0.1) is 16.5 Å². The maximum absolute atomic E-state index is 15.5. The molecule has 3 aromatic rings. The lowest BCUT2D eigenvalue weighted by molar-refractivity contribution is -0.139. The van der Waals surface area contributed by atoms with Crippen molar-refractivity contribution in [1.29, 1.82) is 0 Å². The molecule has 2 unspecified atom stereocenters. The Morgan fingerprint density at radius 2 is 1.73 bits per heavy atom. The summed E-state index contributed by atoms with van der Waals surface area (Å²) < 4.78 is 30.8. The van der Waals surface area contributed by atoms with Crippen LogP contribution < -0.4 is 26.2 Å². The summed E-state index contributed by atoms with van der Waals surface area (Å²) in [5, 5.41) is 52.2. The Hall–Kier alpha value is -5.24. The second-order valence-electron chi connectivity index (χ2n) is 14.0. The number of aromatic nitrogens is 3. The molecule has 1 fully saturated rings. The van der Waals surface area contributed by atoms with Crippen molar-refractivity contribution >= 4 is 57.9 Å². The first kappa shape index (κ1) is 41.9. The number of benzene rings is 1. The van der Waals surface area contributed by atoms with E-state index in [1.807, 2.05) is 30.3 Å². The van der Waals surface area contributed by atoms with Crippen molar-refractivity contribution in [3.05, 3.63) is 77.4 Å². The Kier molecular flexibility index (Phi) is 13.2. The number of fused-ring (bicyclic) bond motifs is 1. The normalized spacial score (nSPS) is 19.8. The van der Waals surface area contributed by atoms with E-state index < -0.39 is 64.9 Å². The van der Waals surface area contributed by atoms with Gasteiger partial charge in [-0.25, -0.2) is 13.8 Å². The van der Waals surface area contributed by atoms with Crippen LogP contribution in [0, 0.1) is 0 Å². The first-order valence-corrected chi connectivity index (χ1v) is 18.8. The molecule has 0 spiro atoms. The average molecular weight is 799 g/mol. The number of hydrogen-bond acceptors (Lipinski definition) is 13. The largest absolute Gasteiger partial charge is 0.480 e. The van der Waals surface area contributed by atoms with E-state index in [0.29, 0.717) is 66.5 Å². The first-order valence-electron chi connectivity index (χ1n) is 17.8. The number of anilines is 2. The molecule has 1 aliphatic heterocycles. The maximum Gasteiger partial charge on any atom is 0.322 e. The molecule has 16 nitrogen and oxygen atoms in total. The van der Waals surface area contributed by atoms with Gasteiger partial charge in [0.2, 0.25) is 17.7 Å². The van der Waals surface area contributed by atoms with Crippen LogP contribution in [0.15, 0.2) is 66.1 Å². The van der Waals surface area contributed by atoms with Crippen LogP contribution in [0.1, 0.15) is 37.9 Å². The van der Waals surface area contributed by atoms with Crippen molar-refractivity contribution in [3.63, 3.8) is 0 Å². The smallest absolute Gasteiger partial charge is 0.322 e. The van der Waals surface area contributed by atoms with E-state index in [9.17, 15) is 29.4 Å². The lowest BCUT2D eigenvalue weighted by Crippen LogP contribution is -2.50. The number of carboxylic acids is 2. The van der Waals surface area contributed by atoms with Gasteiger partial charge in [0.25, 0.3) is 0 Å². The summed E-state index contributed by atoms with van der Waals surface area (Å²) in [5.41, 5.74) is 5.54. The molecule has 0 bridgehead atoms. The van der Waals surface area contributed by atoms with E-state index >= 15 is 8.78 Å². The van der Waals surface area contributed by atoms with Crippen molar-refractivity contribution in [1.82, 2.24) is 25.8 Å². The lowest BCUT2D eigenvalue weighted by Gasteiger charge is -2.36. The predicted octanol–water partition coefficient (Wildman–Crippen LogP) is 1.55. The number of carbonyl (C=O) groups is 4. The van der Waals surface area contributed by atoms with Crippen LogP contribution >= 0.6 is 11.8 Å². The molecular formula is C37H44F2N8O8S. The quantitative estimate of drug-likeness (QED) is 0.109. The number of alkyl halides is 1. The number of nitrogens with zero attached hydrogens (tertiary/aromatic N) is 5. The number of aliphatic carboxylic acids is 2. The number of carbonyl (C=O) groups excluding carboxylic acids is 2. The molecule has 5 rings (SSSR count). The second-order valence-corrected chi connectivity index (χ2v) is 15.2. The van der Waals surface area contributed by atoms with Crippen LogP contribution in [0.3, 0.4) is 0 Å². The Bertz CT molecular complexity index is 2000. The van der Waals surface area contributed by atoms with E-state index in [1.54, 1.807) is 26.1 Å². The summed E-state index contributed by atoms with van der Waals surface area (Å²) in [7, 11) is 0.